The third-order valence-corrected chi connectivity index (χ3v) is 13.6. The Morgan fingerprint density at radius 2 is 1.30 bits per heavy atom. The fourth-order valence-electron chi connectivity index (χ4n) is 9.52. The average Bonchev–Trinajstić information content (AvgIpc) is 3.17. The number of halogens is 3. The lowest BCUT2D eigenvalue weighted by atomic mass is 9.77. The molecule has 284 valence electrons. The van der Waals surface area contributed by atoms with Gasteiger partial charge in [-0.1, -0.05) is 72.8 Å². The maximum absolute atomic E-state index is 16.6. The van der Waals surface area contributed by atoms with Gasteiger partial charge in [0.15, 0.2) is 17.2 Å². The van der Waals surface area contributed by atoms with Gasteiger partial charge in [0.25, 0.3) is 10.1 Å². The molecule has 0 amide bonds. The first-order valence-electron chi connectivity index (χ1n) is 18.6. The Hall–Kier alpha value is -5.97. The number of fused-ring (bicyclic) bond motifs is 12. The predicted octanol–water partition coefficient (Wildman–Crippen LogP) is 9.40. The van der Waals surface area contributed by atoms with Crippen LogP contribution in [0.25, 0.3) is 49.4 Å². The summed E-state index contributed by atoms with van der Waals surface area (Å²) < 4.78 is 93.3. The summed E-state index contributed by atoms with van der Waals surface area (Å²) in [6.07, 6.45) is 0. The number of ether oxygens (including phenoxy) is 1. The molecule has 6 nitrogen and oxygen atoms in total. The van der Waals surface area contributed by atoms with Crippen molar-refractivity contribution in [3.8, 4) is 33.8 Å². The Bertz CT molecular complexity index is 3270. The van der Waals surface area contributed by atoms with Gasteiger partial charge >= 0.3 is 0 Å². The molecule has 1 N–H and O–H groups in total. The molecule has 7 aromatic carbocycles. The van der Waals surface area contributed by atoms with Crippen LogP contribution in [0.4, 0.5) is 18.9 Å². The fraction of sp³-hybridized carbons (Fsp3) is 0.170. The van der Waals surface area contributed by atoms with E-state index in [0.29, 0.717) is 0 Å². The largest absolute Gasteiger partial charge is 0.456 e. The molecule has 3 heterocycles. The van der Waals surface area contributed by atoms with E-state index in [1.54, 1.807) is 12.1 Å². The van der Waals surface area contributed by atoms with Crippen molar-refractivity contribution >= 4 is 42.9 Å². The number of rotatable bonds is 2. The molecule has 0 saturated heterocycles. The minimum Gasteiger partial charge on any atom is -0.456 e. The second-order valence-corrected chi connectivity index (χ2v) is 17.6. The Labute approximate surface area is 327 Å². The summed E-state index contributed by atoms with van der Waals surface area (Å²) in [7, 11) is -1.49. The van der Waals surface area contributed by atoms with E-state index in [1.807, 2.05) is 86.9 Å². The minimum absolute atomic E-state index is 0.134. The van der Waals surface area contributed by atoms with Crippen molar-refractivity contribution in [2.24, 2.45) is 0 Å². The van der Waals surface area contributed by atoms with Crippen molar-refractivity contribution in [1.29, 1.82) is 0 Å². The molecule has 0 radical (unpaired) electrons. The lowest BCUT2D eigenvalue weighted by Gasteiger charge is -2.45. The molecule has 10 heteroatoms. The summed E-state index contributed by atoms with van der Waals surface area (Å²) in [5.41, 5.74) is 4.19. The van der Waals surface area contributed by atoms with Crippen LogP contribution in [0, 0.1) is 17.5 Å². The van der Waals surface area contributed by atoms with Crippen LogP contribution in [-0.4, -0.2) is 27.1 Å². The van der Waals surface area contributed by atoms with Crippen LogP contribution in [0.5, 0.6) is 11.5 Å². The zero-order valence-electron chi connectivity index (χ0n) is 31.9. The molecule has 0 bridgehead atoms. The van der Waals surface area contributed by atoms with E-state index in [-0.39, 0.29) is 33.9 Å². The van der Waals surface area contributed by atoms with Crippen molar-refractivity contribution in [2.75, 3.05) is 19.0 Å². The third-order valence-electron chi connectivity index (χ3n) is 12.7. The van der Waals surface area contributed by atoms with Crippen LogP contribution in [-0.2, 0) is 21.2 Å². The van der Waals surface area contributed by atoms with Crippen molar-refractivity contribution in [3.63, 3.8) is 0 Å². The Balaban J connectivity index is 1.39. The molecular weight excluding hydrogens is 746 g/mol. The summed E-state index contributed by atoms with van der Waals surface area (Å²) in [5.74, 6) is -4.41. The first kappa shape index (κ1) is 35.4. The van der Waals surface area contributed by atoms with Crippen molar-refractivity contribution in [2.45, 2.75) is 43.7 Å². The smallest absolute Gasteiger partial charge is 0.298 e. The number of anilines is 1. The van der Waals surface area contributed by atoms with Gasteiger partial charge in [-0.2, -0.15) is 8.42 Å². The maximum atomic E-state index is 16.6. The van der Waals surface area contributed by atoms with Gasteiger partial charge in [-0.25, -0.2) is 17.7 Å². The van der Waals surface area contributed by atoms with Gasteiger partial charge in [0.1, 0.15) is 29.3 Å². The van der Waals surface area contributed by atoms with E-state index in [0.717, 1.165) is 66.0 Å². The van der Waals surface area contributed by atoms with E-state index in [9.17, 15) is 13.0 Å². The van der Waals surface area contributed by atoms with Crippen molar-refractivity contribution in [1.82, 2.24) is 4.58 Å². The molecule has 10 rings (SSSR count). The predicted molar refractivity (Wildman–Crippen MR) is 217 cm³/mol. The molecule has 7 aromatic rings. The summed E-state index contributed by atoms with van der Waals surface area (Å²) >= 11 is 0. The molecule has 0 saturated carbocycles. The highest BCUT2D eigenvalue weighted by Crippen LogP contribution is 2.53. The molecule has 0 aliphatic carbocycles. The molecule has 57 heavy (non-hydrogen) atoms. The lowest BCUT2D eigenvalue weighted by Crippen LogP contribution is -2.46. The van der Waals surface area contributed by atoms with Gasteiger partial charge in [-0.05, 0) is 64.2 Å². The molecule has 0 aromatic heterocycles. The first-order chi connectivity index (χ1) is 27.0. The first-order valence-corrected chi connectivity index (χ1v) is 20.0. The highest BCUT2D eigenvalue weighted by Gasteiger charge is 2.42. The molecule has 3 aliphatic heterocycles. The normalized spacial score (nSPS) is 16.0. The summed E-state index contributed by atoms with van der Waals surface area (Å²) in [6, 6.07) is 31.5. The Kier molecular flexibility index (Phi) is 7.18. The van der Waals surface area contributed by atoms with E-state index in [2.05, 4.69) is 49.3 Å². The third kappa shape index (κ3) is 4.74. The quantitative estimate of drug-likeness (QED) is 0.108. The van der Waals surface area contributed by atoms with Crippen LogP contribution in [0.3, 0.4) is 0 Å². The van der Waals surface area contributed by atoms with E-state index >= 15 is 13.2 Å². The highest BCUT2D eigenvalue weighted by molar-refractivity contribution is 7.86. The van der Waals surface area contributed by atoms with Gasteiger partial charge in [0.2, 0.25) is 5.36 Å². The number of nitrogens with zero attached hydrogens (tertiary/aromatic N) is 2. The molecule has 0 fully saturated rings. The number of hydrogen-bond donors (Lipinski definition) is 1. The lowest BCUT2D eigenvalue weighted by molar-refractivity contribution is 0.370. The molecule has 0 unspecified atom stereocenters. The molecule has 3 aliphatic rings. The monoisotopic (exact) mass is 781 g/mol. The molecular formula is C47H36F3N2O4S+. The summed E-state index contributed by atoms with van der Waals surface area (Å²) in [4.78, 5) is 0.770. The van der Waals surface area contributed by atoms with Gasteiger partial charge in [-0.3, -0.25) is 4.55 Å². The SMILES string of the molecule is CN1c2cc3c(cc2-c2ccc4ccccc4c2C1(C)C)C(c1c(F)c(F)cc(F)c1S(=O)(=O)O)=c1cc2c(cc1O3)=[N+](C)C(C)(C)c1c-2ccc2ccccc12. The van der Waals surface area contributed by atoms with Crippen LogP contribution >= 0.6 is 0 Å². The Morgan fingerprint density at radius 1 is 0.684 bits per heavy atom. The van der Waals surface area contributed by atoms with Crippen molar-refractivity contribution in [3.05, 3.63) is 153 Å². The summed E-state index contributed by atoms with van der Waals surface area (Å²) in [6.45, 7) is 8.51. The molecule has 0 spiro atoms. The average molecular weight is 782 g/mol. The number of benzene rings is 7. The van der Waals surface area contributed by atoms with E-state index in [1.165, 1.54) is 0 Å². The van der Waals surface area contributed by atoms with Gasteiger partial charge in [0.05, 0.1) is 17.2 Å². The maximum Gasteiger partial charge on any atom is 0.298 e. The fourth-order valence-corrected chi connectivity index (χ4v) is 10.3. The van der Waals surface area contributed by atoms with Crippen molar-refractivity contribution < 1.29 is 30.9 Å². The second kappa shape index (κ2) is 11.6. The standard InChI is InChI=1S/C47H35F3N2O4S/c1-46(2)42-26-13-9-7-11-24(26)15-17-28(42)30-19-32-38(22-36(30)51(46)5)56-39-23-37-31(29-18-16-25-12-8-10-14-27(25)43(29)47(3,4)52(37)6)20-33(39)40(32)41-44(50)34(48)21-35(49)45(41)57(53,54)55/h7-23H,1-6H3/p+1. The second-order valence-electron chi connectivity index (χ2n) is 16.2. The van der Waals surface area contributed by atoms with Crippen LogP contribution in [0.1, 0.15) is 49.9 Å². The van der Waals surface area contributed by atoms with Crippen LogP contribution < -0.4 is 24.8 Å². The zero-order valence-corrected chi connectivity index (χ0v) is 32.7. The zero-order chi connectivity index (χ0) is 40.1. The minimum atomic E-state index is -5.45. The topological polar surface area (TPSA) is 69.9 Å². The van der Waals surface area contributed by atoms with E-state index in [4.69, 9.17) is 4.74 Å². The van der Waals surface area contributed by atoms with Gasteiger partial charge in [0, 0.05) is 71.8 Å². The van der Waals surface area contributed by atoms with Crippen LogP contribution in [0.2, 0.25) is 0 Å². The highest BCUT2D eigenvalue weighted by atomic mass is 32.2. The van der Waals surface area contributed by atoms with Gasteiger partial charge < -0.3 is 9.64 Å². The van der Waals surface area contributed by atoms with Gasteiger partial charge in [-0.15, -0.1) is 0 Å². The van der Waals surface area contributed by atoms with Crippen LogP contribution in [0.15, 0.2) is 108 Å². The summed E-state index contributed by atoms with van der Waals surface area (Å²) in [5, 5.41) is 5.15. The number of hydrogen-bond acceptors (Lipinski definition) is 4. The van der Waals surface area contributed by atoms with E-state index < -0.39 is 49.1 Å². The Morgan fingerprint density at radius 3 is 1.95 bits per heavy atom. The molecule has 0 atom stereocenters.